The molecule has 1 fully saturated rings. The van der Waals surface area contributed by atoms with E-state index in [1.807, 2.05) is 18.1 Å². The minimum atomic E-state index is -0.793. The highest BCUT2D eigenvalue weighted by atomic mass is 19.1. The van der Waals surface area contributed by atoms with Crippen molar-refractivity contribution in [3.63, 3.8) is 0 Å². The summed E-state index contributed by atoms with van der Waals surface area (Å²) in [5.74, 6) is -0.436. The third kappa shape index (κ3) is 3.76. The largest absolute Gasteiger partial charge is 0.370 e. The Morgan fingerprint density at radius 1 is 1.15 bits per heavy atom. The van der Waals surface area contributed by atoms with E-state index in [1.54, 1.807) is 30.9 Å². The number of anilines is 1. The Bertz CT molecular complexity index is 1430. The molecule has 33 heavy (non-hydrogen) atoms. The number of aryl methyl sites for hydroxylation is 2. The third-order valence-corrected chi connectivity index (χ3v) is 5.94. The van der Waals surface area contributed by atoms with Crippen molar-refractivity contribution in [3.8, 4) is 11.3 Å². The summed E-state index contributed by atoms with van der Waals surface area (Å²) in [4.78, 5) is 24.4. The molecule has 0 aliphatic carbocycles. The first-order valence-corrected chi connectivity index (χ1v) is 10.5. The Morgan fingerprint density at radius 2 is 1.97 bits per heavy atom. The van der Waals surface area contributed by atoms with Crippen LogP contribution in [0.15, 0.2) is 41.5 Å². The maximum atomic E-state index is 14.8. The molecule has 0 unspecified atom stereocenters. The lowest BCUT2D eigenvalue weighted by Gasteiger charge is -2.33. The van der Waals surface area contributed by atoms with Gasteiger partial charge in [0.25, 0.3) is 5.56 Å². The van der Waals surface area contributed by atoms with Gasteiger partial charge < -0.3 is 9.64 Å². The fourth-order valence-electron chi connectivity index (χ4n) is 4.09. The fourth-order valence-corrected chi connectivity index (χ4v) is 4.09. The van der Waals surface area contributed by atoms with E-state index in [9.17, 15) is 13.6 Å². The van der Waals surface area contributed by atoms with Gasteiger partial charge in [0, 0.05) is 56.6 Å². The second-order valence-electron chi connectivity index (χ2n) is 8.12. The number of aromatic nitrogens is 5. The van der Waals surface area contributed by atoms with Crippen molar-refractivity contribution in [3.05, 3.63) is 70.0 Å². The van der Waals surface area contributed by atoms with Gasteiger partial charge in [-0.1, -0.05) is 0 Å². The zero-order valence-corrected chi connectivity index (χ0v) is 18.4. The van der Waals surface area contributed by atoms with Gasteiger partial charge in [0.2, 0.25) is 0 Å². The SMILES string of the molecule is Cc1nc2cc(N3CCO[C@@H](c4cnn(C)c4)C3)nc(-c3ccc(F)cc3F)c2c(=O)n1C. The molecule has 0 N–H and O–H groups in total. The number of fused-ring (bicyclic) bond motifs is 1. The molecule has 5 rings (SSSR count). The van der Waals surface area contributed by atoms with Gasteiger partial charge in [0.15, 0.2) is 0 Å². The number of halogens is 2. The van der Waals surface area contributed by atoms with Crippen LogP contribution in [0.1, 0.15) is 17.5 Å². The van der Waals surface area contributed by atoms with Gasteiger partial charge in [0.05, 0.1) is 29.4 Å². The Kier molecular flexibility index (Phi) is 5.16. The molecule has 1 aliphatic rings. The topological polar surface area (TPSA) is 78.1 Å². The molecule has 170 valence electrons. The van der Waals surface area contributed by atoms with Crippen molar-refractivity contribution in [1.29, 1.82) is 0 Å². The van der Waals surface area contributed by atoms with Gasteiger partial charge in [0.1, 0.15) is 29.4 Å². The van der Waals surface area contributed by atoms with Crippen LogP contribution in [0.2, 0.25) is 0 Å². The summed E-state index contributed by atoms with van der Waals surface area (Å²) in [7, 11) is 3.44. The molecule has 8 nitrogen and oxygen atoms in total. The Morgan fingerprint density at radius 3 is 2.70 bits per heavy atom. The minimum Gasteiger partial charge on any atom is -0.370 e. The first-order valence-electron chi connectivity index (χ1n) is 10.5. The van der Waals surface area contributed by atoms with Crippen molar-refractivity contribution < 1.29 is 13.5 Å². The molecule has 0 radical (unpaired) electrons. The fraction of sp³-hybridized carbons (Fsp3) is 0.304. The molecule has 0 saturated carbocycles. The molecule has 1 atom stereocenters. The molecular formula is C23H22F2N6O2. The Balaban J connectivity index is 1.67. The smallest absolute Gasteiger partial charge is 0.263 e. The predicted octanol–water partition coefficient (Wildman–Crippen LogP) is 2.89. The second-order valence-corrected chi connectivity index (χ2v) is 8.12. The van der Waals surface area contributed by atoms with Crippen molar-refractivity contribution in [1.82, 2.24) is 24.3 Å². The Labute approximate surface area is 188 Å². The lowest BCUT2D eigenvalue weighted by atomic mass is 10.1. The summed E-state index contributed by atoms with van der Waals surface area (Å²) >= 11 is 0. The lowest BCUT2D eigenvalue weighted by Crippen LogP contribution is -2.39. The summed E-state index contributed by atoms with van der Waals surface area (Å²) in [5.41, 5.74) is 1.19. The molecule has 0 amide bonds. The van der Waals surface area contributed by atoms with E-state index in [1.165, 1.54) is 10.6 Å². The first-order chi connectivity index (χ1) is 15.8. The predicted molar refractivity (Wildman–Crippen MR) is 119 cm³/mol. The van der Waals surface area contributed by atoms with Crippen LogP contribution >= 0.6 is 0 Å². The number of rotatable bonds is 3. The molecule has 3 aromatic heterocycles. The van der Waals surface area contributed by atoms with Gasteiger partial charge in [-0.2, -0.15) is 5.10 Å². The van der Waals surface area contributed by atoms with E-state index in [0.29, 0.717) is 36.9 Å². The molecule has 10 heteroatoms. The van der Waals surface area contributed by atoms with Gasteiger partial charge in [-0.25, -0.2) is 18.7 Å². The number of benzene rings is 1. The van der Waals surface area contributed by atoms with Crippen LogP contribution in [0, 0.1) is 18.6 Å². The highest BCUT2D eigenvalue weighted by Gasteiger charge is 2.26. The zero-order valence-electron chi connectivity index (χ0n) is 18.4. The summed E-state index contributed by atoms with van der Waals surface area (Å²) in [6.45, 7) is 3.25. The maximum Gasteiger partial charge on any atom is 0.263 e. The molecule has 1 aromatic carbocycles. The molecular weight excluding hydrogens is 430 g/mol. The van der Waals surface area contributed by atoms with E-state index >= 15 is 0 Å². The number of hydrogen-bond donors (Lipinski definition) is 0. The van der Waals surface area contributed by atoms with E-state index < -0.39 is 11.6 Å². The highest BCUT2D eigenvalue weighted by Crippen LogP contribution is 2.32. The summed E-state index contributed by atoms with van der Waals surface area (Å²) in [5, 5.41) is 4.40. The highest BCUT2D eigenvalue weighted by molar-refractivity contribution is 5.93. The molecule has 4 heterocycles. The summed E-state index contributed by atoms with van der Waals surface area (Å²) in [6.07, 6.45) is 3.44. The monoisotopic (exact) mass is 452 g/mol. The molecule has 0 bridgehead atoms. The van der Waals surface area contributed by atoms with E-state index in [-0.39, 0.29) is 28.3 Å². The zero-order chi connectivity index (χ0) is 23.3. The second kappa shape index (κ2) is 8.04. The number of pyridine rings is 1. The lowest BCUT2D eigenvalue weighted by molar-refractivity contribution is 0.0395. The van der Waals surface area contributed by atoms with Crippen LogP contribution in [0.5, 0.6) is 0 Å². The number of morpholine rings is 1. The van der Waals surface area contributed by atoms with Crippen LogP contribution in [-0.4, -0.2) is 44.0 Å². The third-order valence-electron chi connectivity index (χ3n) is 5.94. The standard InChI is InChI=1S/C23H22F2N6O2/c1-13-27-18-9-20(31-6-7-33-19(12-31)14-10-26-29(2)11-14)28-22(21(18)23(32)30(13)3)16-5-4-15(24)8-17(16)25/h4-5,8-11,19H,6-7,12H2,1-3H3/t19-/m1/s1. The van der Waals surface area contributed by atoms with Crippen LogP contribution in [0.3, 0.4) is 0 Å². The van der Waals surface area contributed by atoms with Gasteiger partial charge >= 0.3 is 0 Å². The number of hydrogen-bond acceptors (Lipinski definition) is 6. The molecule has 1 aliphatic heterocycles. The van der Waals surface area contributed by atoms with Gasteiger partial charge in [-0.3, -0.25) is 14.0 Å². The summed E-state index contributed by atoms with van der Waals surface area (Å²) < 4.78 is 37.4. The molecule has 4 aromatic rings. The van der Waals surface area contributed by atoms with Crippen molar-refractivity contribution in [2.24, 2.45) is 14.1 Å². The van der Waals surface area contributed by atoms with Crippen LogP contribution in [0.25, 0.3) is 22.2 Å². The van der Waals surface area contributed by atoms with Crippen LogP contribution < -0.4 is 10.5 Å². The van der Waals surface area contributed by atoms with Gasteiger partial charge in [-0.05, 0) is 19.1 Å². The van der Waals surface area contributed by atoms with Crippen molar-refractivity contribution in [2.75, 3.05) is 24.6 Å². The minimum absolute atomic E-state index is 0.0445. The van der Waals surface area contributed by atoms with Crippen molar-refractivity contribution in [2.45, 2.75) is 13.0 Å². The molecule has 0 spiro atoms. The van der Waals surface area contributed by atoms with E-state index in [0.717, 1.165) is 17.7 Å². The van der Waals surface area contributed by atoms with E-state index in [2.05, 4.69) is 15.1 Å². The maximum absolute atomic E-state index is 14.8. The van der Waals surface area contributed by atoms with Gasteiger partial charge in [-0.15, -0.1) is 0 Å². The molecule has 1 saturated heterocycles. The quantitative estimate of drug-likeness (QED) is 0.476. The van der Waals surface area contributed by atoms with Crippen LogP contribution in [-0.2, 0) is 18.8 Å². The average molecular weight is 452 g/mol. The normalized spacial score (nSPS) is 16.5. The number of ether oxygens (including phenoxy) is 1. The van der Waals surface area contributed by atoms with E-state index in [4.69, 9.17) is 4.74 Å². The first kappa shape index (κ1) is 21.2. The summed E-state index contributed by atoms with van der Waals surface area (Å²) in [6, 6.07) is 4.97. The van der Waals surface area contributed by atoms with Crippen molar-refractivity contribution >= 4 is 16.7 Å². The van der Waals surface area contributed by atoms with Crippen LogP contribution in [0.4, 0.5) is 14.6 Å². The average Bonchev–Trinajstić information content (AvgIpc) is 3.23. The number of nitrogens with zero attached hydrogens (tertiary/aromatic N) is 6. The Hall–Kier alpha value is -3.66.